The second-order valence-corrected chi connectivity index (χ2v) is 5.90. The monoisotopic (exact) mass is 407 g/mol. The highest BCUT2D eigenvalue weighted by Crippen LogP contribution is 2.40. The Balaban J connectivity index is 1.91. The molecule has 0 saturated heterocycles. The van der Waals surface area contributed by atoms with Crippen molar-refractivity contribution in [2.45, 2.75) is 13.5 Å². The summed E-state index contributed by atoms with van der Waals surface area (Å²) in [5.41, 5.74) is 6.54. The van der Waals surface area contributed by atoms with E-state index < -0.39 is 0 Å². The Labute approximate surface area is 151 Å². The Morgan fingerprint density at radius 3 is 2.68 bits per heavy atom. The van der Waals surface area contributed by atoms with Gasteiger partial charge in [-0.2, -0.15) is 0 Å². The van der Waals surface area contributed by atoms with Gasteiger partial charge in [-0.1, -0.05) is 23.3 Å². The minimum absolute atomic E-state index is 0.0241. The van der Waals surface area contributed by atoms with E-state index in [0.29, 0.717) is 33.7 Å². The molecule has 0 spiro atoms. The number of nitrogens with two attached hydrogens (primary N) is 1. The number of nitrogens with zero attached hydrogens (tertiary/aromatic N) is 2. The second-order valence-electron chi connectivity index (χ2n) is 5.04. The van der Waals surface area contributed by atoms with Crippen molar-refractivity contribution in [1.29, 1.82) is 0 Å². The van der Waals surface area contributed by atoms with Gasteiger partial charge in [0.15, 0.2) is 11.5 Å². The Bertz CT molecular complexity index is 885. The van der Waals surface area contributed by atoms with E-state index in [4.69, 9.17) is 19.6 Å². The molecule has 0 saturated carbocycles. The van der Waals surface area contributed by atoms with Crippen LogP contribution in [0.5, 0.6) is 11.5 Å². The predicted octanol–water partition coefficient (Wildman–Crippen LogP) is 4.20. The molecule has 0 amide bonds. The third-order valence-electron chi connectivity index (χ3n) is 3.33. The third-order valence-corrected chi connectivity index (χ3v) is 3.92. The van der Waals surface area contributed by atoms with Crippen LogP contribution >= 0.6 is 15.9 Å². The highest BCUT2D eigenvalue weighted by atomic mass is 79.9. The van der Waals surface area contributed by atoms with Crippen molar-refractivity contribution >= 4 is 21.9 Å². The van der Waals surface area contributed by atoms with E-state index in [0.717, 1.165) is 0 Å². The average molecular weight is 408 g/mol. The van der Waals surface area contributed by atoms with Gasteiger partial charge in [0.05, 0.1) is 11.1 Å². The molecule has 130 valence electrons. The smallest absolute Gasteiger partial charge is 0.313 e. The number of ether oxygens (including phenoxy) is 2. The average Bonchev–Trinajstić information content (AvgIpc) is 3.02. The number of anilines is 1. The first-order valence-corrected chi connectivity index (χ1v) is 8.29. The van der Waals surface area contributed by atoms with Gasteiger partial charge < -0.3 is 19.6 Å². The zero-order valence-electron chi connectivity index (χ0n) is 13.3. The van der Waals surface area contributed by atoms with Crippen LogP contribution < -0.4 is 15.2 Å². The van der Waals surface area contributed by atoms with Gasteiger partial charge >= 0.3 is 6.01 Å². The molecule has 0 bridgehead atoms. The molecule has 0 atom stereocenters. The van der Waals surface area contributed by atoms with Gasteiger partial charge in [0.1, 0.15) is 12.4 Å². The molecule has 0 aliphatic heterocycles. The van der Waals surface area contributed by atoms with Gasteiger partial charge in [-0.3, -0.25) is 0 Å². The van der Waals surface area contributed by atoms with Gasteiger partial charge in [-0.15, -0.1) is 5.10 Å². The van der Waals surface area contributed by atoms with Gasteiger partial charge in [0.25, 0.3) is 0 Å². The molecular formula is C17H15BrFN3O3. The molecular weight excluding hydrogens is 393 g/mol. The summed E-state index contributed by atoms with van der Waals surface area (Å²) in [4.78, 5) is 0. The molecule has 0 unspecified atom stereocenters. The number of nitrogen functional groups attached to an aromatic ring is 1. The quantitative estimate of drug-likeness (QED) is 0.659. The lowest BCUT2D eigenvalue weighted by atomic mass is 10.2. The molecule has 3 aromatic rings. The Hall–Kier alpha value is -2.61. The summed E-state index contributed by atoms with van der Waals surface area (Å²) >= 11 is 3.44. The van der Waals surface area contributed by atoms with Crippen molar-refractivity contribution < 1.29 is 18.3 Å². The molecule has 0 aliphatic rings. The molecule has 2 aromatic carbocycles. The molecule has 2 N–H and O–H groups in total. The van der Waals surface area contributed by atoms with Crippen LogP contribution in [-0.4, -0.2) is 16.8 Å². The largest absolute Gasteiger partial charge is 0.490 e. The van der Waals surface area contributed by atoms with Crippen LogP contribution in [0.25, 0.3) is 11.5 Å². The second kappa shape index (κ2) is 7.52. The number of benzene rings is 2. The molecule has 1 heterocycles. The molecule has 8 heteroatoms. The SMILES string of the molecule is CCOc1cc(-c2nnc(N)o2)cc(Br)c1OCc1ccccc1F. The highest BCUT2D eigenvalue weighted by molar-refractivity contribution is 9.10. The summed E-state index contributed by atoms with van der Waals surface area (Å²) in [6.45, 7) is 2.35. The third kappa shape index (κ3) is 3.90. The van der Waals surface area contributed by atoms with Crippen LogP contribution in [0.15, 0.2) is 45.3 Å². The zero-order chi connectivity index (χ0) is 17.8. The fourth-order valence-electron chi connectivity index (χ4n) is 2.21. The Morgan fingerprint density at radius 1 is 1.20 bits per heavy atom. The molecule has 0 aliphatic carbocycles. The molecule has 25 heavy (non-hydrogen) atoms. The summed E-state index contributed by atoms with van der Waals surface area (Å²) in [5, 5.41) is 7.49. The summed E-state index contributed by atoms with van der Waals surface area (Å²) in [7, 11) is 0. The lowest BCUT2D eigenvalue weighted by molar-refractivity contribution is 0.264. The fourth-order valence-corrected chi connectivity index (χ4v) is 2.77. The highest BCUT2D eigenvalue weighted by Gasteiger charge is 2.17. The van der Waals surface area contributed by atoms with E-state index in [-0.39, 0.29) is 24.3 Å². The fraction of sp³-hybridized carbons (Fsp3) is 0.176. The van der Waals surface area contributed by atoms with Crippen molar-refractivity contribution in [2.24, 2.45) is 0 Å². The molecule has 1 aromatic heterocycles. The van der Waals surface area contributed by atoms with Crippen molar-refractivity contribution in [2.75, 3.05) is 12.3 Å². The van der Waals surface area contributed by atoms with Gasteiger partial charge in [0.2, 0.25) is 5.89 Å². The van der Waals surface area contributed by atoms with E-state index in [9.17, 15) is 4.39 Å². The maximum Gasteiger partial charge on any atom is 0.313 e. The predicted molar refractivity (Wildman–Crippen MR) is 93.7 cm³/mol. The first kappa shape index (κ1) is 17.2. The number of halogens is 2. The van der Waals surface area contributed by atoms with Crippen molar-refractivity contribution in [3.05, 3.63) is 52.3 Å². The first-order chi connectivity index (χ1) is 12.1. The Morgan fingerprint density at radius 2 is 2.00 bits per heavy atom. The van der Waals surface area contributed by atoms with Crippen LogP contribution in [0.2, 0.25) is 0 Å². The standard InChI is InChI=1S/C17H15BrFN3O3/c1-2-23-14-8-11(16-21-22-17(20)25-16)7-12(18)15(14)24-9-10-5-3-4-6-13(10)19/h3-8H,2,9H2,1H3,(H2,20,22). The van der Waals surface area contributed by atoms with Crippen molar-refractivity contribution in [3.8, 4) is 23.0 Å². The van der Waals surface area contributed by atoms with Crippen LogP contribution in [0.1, 0.15) is 12.5 Å². The lowest BCUT2D eigenvalue weighted by Crippen LogP contribution is -2.02. The van der Waals surface area contributed by atoms with E-state index in [1.165, 1.54) is 6.07 Å². The van der Waals surface area contributed by atoms with Crippen LogP contribution in [-0.2, 0) is 6.61 Å². The van der Waals surface area contributed by atoms with Gasteiger partial charge in [-0.25, -0.2) is 4.39 Å². The molecule has 0 fully saturated rings. The summed E-state index contributed by atoms with van der Waals surface area (Å²) in [5.74, 6) is 0.871. The number of aromatic nitrogens is 2. The van der Waals surface area contributed by atoms with E-state index >= 15 is 0 Å². The van der Waals surface area contributed by atoms with Gasteiger partial charge in [0, 0.05) is 11.1 Å². The topological polar surface area (TPSA) is 83.4 Å². The zero-order valence-corrected chi connectivity index (χ0v) is 14.9. The van der Waals surface area contributed by atoms with Crippen LogP contribution in [0, 0.1) is 5.82 Å². The number of rotatable bonds is 6. The molecule has 6 nitrogen and oxygen atoms in total. The lowest BCUT2D eigenvalue weighted by Gasteiger charge is -2.15. The minimum atomic E-state index is -0.325. The van der Waals surface area contributed by atoms with Crippen LogP contribution in [0.3, 0.4) is 0 Å². The van der Waals surface area contributed by atoms with E-state index in [2.05, 4.69) is 26.1 Å². The Kier molecular flexibility index (Phi) is 5.18. The van der Waals surface area contributed by atoms with E-state index in [1.807, 2.05) is 6.92 Å². The van der Waals surface area contributed by atoms with E-state index in [1.54, 1.807) is 30.3 Å². The summed E-state index contributed by atoms with van der Waals surface area (Å²) < 4.78 is 31.0. The van der Waals surface area contributed by atoms with Gasteiger partial charge in [-0.05, 0) is 41.1 Å². The number of hydrogen-bond donors (Lipinski definition) is 1. The summed E-state index contributed by atoms with van der Waals surface area (Å²) in [6.07, 6.45) is 0. The van der Waals surface area contributed by atoms with Crippen molar-refractivity contribution in [3.63, 3.8) is 0 Å². The maximum absolute atomic E-state index is 13.8. The maximum atomic E-state index is 13.8. The number of hydrogen-bond acceptors (Lipinski definition) is 6. The van der Waals surface area contributed by atoms with Crippen LogP contribution in [0.4, 0.5) is 10.4 Å². The molecule has 0 radical (unpaired) electrons. The summed E-state index contributed by atoms with van der Waals surface area (Å²) in [6, 6.07) is 9.86. The molecule has 3 rings (SSSR count). The normalized spacial score (nSPS) is 10.7. The first-order valence-electron chi connectivity index (χ1n) is 7.50. The minimum Gasteiger partial charge on any atom is -0.490 e. The van der Waals surface area contributed by atoms with Crippen molar-refractivity contribution in [1.82, 2.24) is 10.2 Å².